The zero-order valence-electron chi connectivity index (χ0n) is 12.0. The smallest absolute Gasteiger partial charge is 0.222 e. The van der Waals surface area contributed by atoms with Gasteiger partial charge in [0.1, 0.15) is 10.9 Å². The summed E-state index contributed by atoms with van der Waals surface area (Å²) in [5.74, 6) is 1.12. The van der Waals surface area contributed by atoms with Gasteiger partial charge in [-0.2, -0.15) is 0 Å². The van der Waals surface area contributed by atoms with Crippen molar-refractivity contribution in [3.63, 3.8) is 0 Å². The standard InChI is InChI=1S/C16H19ClN2O/c1-4-16(2,3)11-5-7-13(8-6-11)20-15-10-12(18)9-14(17)19-15/h5-10H,4H2,1-3H3,(H2,18,19). The van der Waals surface area contributed by atoms with E-state index in [1.165, 1.54) is 5.56 Å². The molecule has 0 saturated heterocycles. The first kappa shape index (κ1) is 14.7. The Morgan fingerprint density at radius 2 is 1.85 bits per heavy atom. The number of anilines is 1. The Balaban J connectivity index is 2.19. The van der Waals surface area contributed by atoms with Gasteiger partial charge in [0.2, 0.25) is 5.88 Å². The van der Waals surface area contributed by atoms with Crippen molar-refractivity contribution in [2.75, 3.05) is 5.73 Å². The van der Waals surface area contributed by atoms with Crippen LogP contribution in [0.5, 0.6) is 11.6 Å². The normalized spacial score (nSPS) is 11.4. The van der Waals surface area contributed by atoms with Crippen molar-refractivity contribution in [1.82, 2.24) is 4.98 Å². The van der Waals surface area contributed by atoms with E-state index in [1.807, 2.05) is 12.1 Å². The number of benzene rings is 1. The monoisotopic (exact) mass is 290 g/mol. The molecule has 3 nitrogen and oxygen atoms in total. The number of hydrogen-bond acceptors (Lipinski definition) is 3. The van der Waals surface area contributed by atoms with Crippen LogP contribution in [0.1, 0.15) is 32.8 Å². The van der Waals surface area contributed by atoms with Crippen LogP contribution >= 0.6 is 11.6 Å². The van der Waals surface area contributed by atoms with E-state index >= 15 is 0 Å². The highest BCUT2D eigenvalue weighted by atomic mass is 35.5. The minimum Gasteiger partial charge on any atom is -0.439 e. The van der Waals surface area contributed by atoms with Crippen molar-refractivity contribution in [1.29, 1.82) is 0 Å². The van der Waals surface area contributed by atoms with Crippen LogP contribution in [0.15, 0.2) is 36.4 Å². The number of nitrogens with two attached hydrogens (primary N) is 1. The van der Waals surface area contributed by atoms with Crippen molar-refractivity contribution in [3.05, 3.63) is 47.1 Å². The zero-order valence-corrected chi connectivity index (χ0v) is 12.7. The number of nitrogen functional groups attached to an aromatic ring is 1. The van der Waals surface area contributed by atoms with E-state index in [-0.39, 0.29) is 5.41 Å². The molecule has 0 unspecified atom stereocenters. The highest BCUT2D eigenvalue weighted by Crippen LogP contribution is 2.29. The first-order valence-electron chi connectivity index (χ1n) is 6.62. The number of rotatable bonds is 4. The summed E-state index contributed by atoms with van der Waals surface area (Å²) in [6.45, 7) is 6.63. The van der Waals surface area contributed by atoms with Gasteiger partial charge in [-0.25, -0.2) is 4.98 Å². The van der Waals surface area contributed by atoms with E-state index in [0.29, 0.717) is 16.7 Å². The Kier molecular flexibility index (Phi) is 4.19. The quantitative estimate of drug-likeness (QED) is 0.823. The van der Waals surface area contributed by atoms with Gasteiger partial charge in [0.15, 0.2) is 0 Å². The van der Waals surface area contributed by atoms with Gasteiger partial charge in [-0.15, -0.1) is 0 Å². The molecule has 20 heavy (non-hydrogen) atoms. The van der Waals surface area contributed by atoms with E-state index in [4.69, 9.17) is 22.1 Å². The fourth-order valence-electron chi connectivity index (χ4n) is 1.84. The topological polar surface area (TPSA) is 48.1 Å². The van der Waals surface area contributed by atoms with Crippen LogP contribution in [-0.4, -0.2) is 4.98 Å². The molecule has 0 fully saturated rings. The molecule has 0 amide bonds. The number of halogens is 1. The molecular weight excluding hydrogens is 272 g/mol. The van der Waals surface area contributed by atoms with Gasteiger partial charge in [-0.1, -0.05) is 44.5 Å². The highest BCUT2D eigenvalue weighted by molar-refractivity contribution is 6.29. The molecule has 0 aliphatic heterocycles. The summed E-state index contributed by atoms with van der Waals surface area (Å²) in [4.78, 5) is 4.08. The van der Waals surface area contributed by atoms with Crippen molar-refractivity contribution < 1.29 is 4.74 Å². The Bertz CT molecular complexity index is 574. The summed E-state index contributed by atoms with van der Waals surface area (Å²) in [5, 5.41) is 0.323. The highest BCUT2D eigenvalue weighted by Gasteiger charge is 2.17. The van der Waals surface area contributed by atoms with Gasteiger partial charge >= 0.3 is 0 Å². The van der Waals surface area contributed by atoms with E-state index in [9.17, 15) is 0 Å². The third-order valence-electron chi connectivity index (χ3n) is 3.54. The van der Waals surface area contributed by atoms with Gasteiger partial charge in [0.05, 0.1) is 0 Å². The molecule has 1 aromatic heterocycles. The fraction of sp³-hybridized carbons (Fsp3) is 0.312. The van der Waals surface area contributed by atoms with Crippen LogP contribution in [0.4, 0.5) is 5.69 Å². The van der Waals surface area contributed by atoms with Gasteiger partial charge in [0.25, 0.3) is 0 Å². The van der Waals surface area contributed by atoms with Gasteiger partial charge in [-0.05, 0) is 35.6 Å². The average molecular weight is 291 g/mol. The molecule has 0 spiro atoms. The van der Waals surface area contributed by atoms with Gasteiger partial charge in [-0.3, -0.25) is 0 Å². The van der Waals surface area contributed by atoms with Crippen LogP contribution in [0, 0.1) is 0 Å². The number of pyridine rings is 1. The molecule has 4 heteroatoms. The Morgan fingerprint density at radius 3 is 2.40 bits per heavy atom. The lowest BCUT2D eigenvalue weighted by atomic mass is 9.82. The second-order valence-electron chi connectivity index (χ2n) is 5.43. The summed E-state index contributed by atoms with van der Waals surface area (Å²) in [6, 6.07) is 11.3. The number of ether oxygens (including phenoxy) is 1. The first-order valence-corrected chi connectivity index (χ1v) is 7.00. The maximum Gasteiger partial charge on any atom is 0.222 e. The van der Waals surface area contributed by atoms with E-state index in [0.717, 1.165) is 12.2 Å². The Labute approximate surface area is 124 Å². The van der Waals surface area contributed by atoms with Crippen LogP contribution in [-0.2, 0) is 5.41 Å². The molecule has 2 rings (SSSR count). The van der Waals surface area contributed by atoms with E-state index < -0.39 is 0 Å². The molecular formula is C16H19ClN2O. The summed E-state index contributed by atoms with van der Waals surface area (Å²) >= 11 is 5.85. The molecule has 0 radical (unpaired) electrons. The van der Waals surface area contributed by atoms with Crippen molar-refractivity contribution in [3.8, 4) is 11.6 Å². The minimum atomic E-state index is 0.164. The summed E-state index contributed by atoms with van der Waals surface area (Å²) in [7, 11) is 0. The molecule has 0 atom stereocenters. The third-order valence-corrected chi connectivity index (χ3v) is 3.73. The minimum absolute atomic E-state index is 0.164. The largest absolute Gasteiger partial charge is 0.439 e. The first-order chi connectivity index (χ1) is 9.40. The lowest BCUT2D eigenvalue weighted by Crippen LogP contribution is -2.14. The Hall–Kier alpha value is -1.74. The number of nitrogens with zero attached hydrogens (tertiary/aromatic N) is 1. The second kappa shape index (κ2) is 5.71. The lowest BCUT2D eigenvalue weighted by Gasteiger charge is -2.23. The average Bonchev–Trinajstić information content (AvgIpc) is 2.38. The van der Waals surface area contributed by atoms with Crippen LogP contribution in [0.2, 0.25) is 5.15 Å². The summed E-state index contributed by atoms with van der Waals surface area (Å²) in [5.41, 5.74) is 7.69. The van der Waals surface area contributed by atoms with Crippen LogP contribution in [0.3, 0.4) is 0 Å². The van der Waals surface area contributed by atoms with Crippen molar-refractivity contribution >= 4 is 17.3 Å². The Morgan fingerprint density at radius 1 is 1.20 bits per heavy atom. The fourth-order valence-corrected chi connectivity index (χ4v) is 2.05. The third kappa shape index (κ3) is 3.42. The number of aromatic nitrogens is 1. The molecule has 0 aliphatic rings. The molecule has 0 aliphatic carbocycles. The summed E-state index contributed by atoms with van der Waals surface area (Å²) < 4.78 is 5.67. The van der Waals surface area contributed by atoms with Crippen molar-refractivity contribution in [2.24, 2.45) is 0 Å². The lowest BCUT2D eigenvalue weighted by molar-refractivity contribution is 0.461. The predicted octanol–water partition coefficient (Wildman–Crippen LogP) is 4.80. The molecule has 2 aromatic rings. The number of hydrogen-bond donors (Lipinski definition) is 1. The molecule has 1 aromatic carbocycles. The molecule has 0 saturated carbocycles. The SMILES string of the molecule is CCC(C)(C)c1ccc(Oc2cc(N)cc(Cl)n2)cc1. The molecule has 2 N–H and O–H groups in total. The molecule has 106 valence electrons. The zero-order chi connectivity index (χ0) is 14.8. The molecule has 0 bridgehead atoms. The van der Waals surface area contributed by atoms with Crippen LogP contribution < -0.4 is 10.5 Å². The summed E-state index contributed by atoms with van der Waals surface area (Å²) in [6.07, 6.45) is 1.08. The maximum atomic E-state index is 5.85. The predicted molar refractivity (Wildman–Crippen MR) is 83.5 cm³/mol. The maximum absolute atomic E-state index is 5.85. The van der Waals surface area contributed by atoms with Crippen molar-refractivity contribution in [2.45, 2.75) is 32.6 Å². The van der Waals surface area contributed by atoms with Crippen LogP contribution in [0.25, 0.3) is 0 Å². The second-order valence-corrected chi connectivity index (χ2v) is 5.81. The van der Waals surface area contributed by atoms with Gasteiger partial charge < -0.3 is 10.5 Å². The molecule has 1 heterocycles. The van der Waals surface area contributed by atoms with Gasteiger partial charge in [0, 0.05) is 11.8 Å². The van der Waals surface area contributed by atoms with E-state index in [1.54, 1.807) is 12.1 Å². The van der Waals surface area contributed by atoms with E-state index in [2.05, 4.69) is 37.9 Å².